The first-order valence-corrected chi connectivity index (χ1v) is 10.8. The van der Waals surface area contributed by atoms with E-state index in [-0.39, 0.29) is 25.1 Å². The topological polar surface area (TPSA) is 88.8 Å². The lowest BCUT2D eigenvalue weighted by Crippen LogP contribution is -2.76. The smallest absolute Gasteiger partial charge is 0.377 e. The Morgan fingerprint density at radius 1 is 1.03 bits per heavy atom. The van der Waals surface area contributed by atoms with Crippen molar-refractivity contribution < 1.29 is 35.8 Å². The van der Waals surface area contributed by atoms with Gasteiger partial charge in [0.2, 0.25) is 0 Å². The van der Waals surface area contributed by atoms with Crippen molar-refractivity contribution in [2.45, 2.75) is 48.9 Å². The Labute approximate surface area is 199 Å². The van der Waals surface area contributed by atoms with Crippen LogP contribution < -0.4 is 5.32 Å². The second-order valence-corrected chi connectivity index (χ2v) is 9.56. The van der Waals surface area contributed by atoms with Gasteiger partial charge < -0.3 is 10.4 Å². The van der Waals surface area contributed by atoms with Gasteiger partial charge in [0.05, 0.1) is 6.54 Å². The Morgan fingerprint density at radius 2 is 1.75 bits per heavy atom. The molecule has 36 heavy (non-hydrogen) atoms. The fourth-order valence-corrected chi connectivity index (χ4v) is 5.53. The summed E-state index contributed by atoms with van der Waals surface area (Å²) in [5, 5.41) is 23.7. The summed E-state index contributed by atoms with van der Waals surface area (Å²) in [6, 6.07) is 4.84. The molecule has 2 aromatic heterocycles. The molecule has 6 rings (SSSR count). The zero-order chi connectivity index (χ0) is 26.0. The summed E-state index contributed by atoms with van der Waals surface area (Å²) in [6.07, 6.45) is -2.28. The molecule has 3 saturated carbocycles. The summed E-state index contributed by atoms with van der Waals surface area (Å²) in [7, 11) is 0. The van der Waals surface area contributed by atoms with Crippen molar-refractivity contribution >= 4 is 5.82 Å². The number of hydrogen-bond donors (Lipinski definition) is 2. The highest BCUT2D eigenvalue weighted by Gasteiger charge is 2.82. The number of pyridine rings is 1. The first-order chi connectivity index (χ1) is 16.8. The number of halogens is 7. The van der Waals surface area contributed by atoms with Gasteiger partial charge in [0.25, 0.3) is 5.92 Å². The highest BCUT2D eigenvalue weighted by molar-refractivity contribution is 5.45. The number of tetrazole rings is 1. The maximum atomic E-state index is 16.1. The van der Waals surface area contributed by atoms with Crippen LogP contribution in [-0.2, 0) is 17.6 Å². The largest absolute Gasteiger partial charge is 0.405 e. The van der Waals surface area contributed by atoms with Crippen molar-refractivity contribution in [3.8, 4) is 0 Å². The minimum absolute atomic E-state index is 0.00897. The quantitative estimate of drug-likeness (QED) is 0.441. The van der Waals surface area contributed by atoms with Crippen LogP contribution in [-0.4, -0.2) is 48.9 Å². The summed E-state index contributed by atoms with van der Waals surface area (Å²) in [5.41, 5.74) is -5.68. The molecule has 7 nitrogen and oxygen atoms in total. The van der Waals surface area contributed by atoms with E-state index in [0.29, 0.717) is 11.6 Å². The molecule has 3 aliphatic carbocycles. The first kappa shape index (κ1) is 24.4. The molecule has 0 saturated heterocycles. The van der Waals surface area contributed by atoms with E-state index in [2.05, 4.69) is 25.8 Å². The molecule has 1 aromatic carbocycles. The van der Waals surface area contributed by atoms with Crippen LogP contribution in [0.2, 0.25) is 0 Å². The predicted octanol–water partition coefficient (Wildman–Crippen LogP) is 3.97. The molecule has 2 bridgehead atoms. The summed E-state index contributed by atoms with van der Waals surface area (Å²) < 4.78 is 98.4. The molecule has 0 amide bonds. The Kier molecular flexibility index (Phi) is 5.32. The van der Waals surface area contributed by atoms with Crippen molar-refractivity contribution in [3.63, 3.8) is 0 Å². The van der Waals surface area contributed by atoms with E-state index >= 15 is 8.78 Å². The lowest BCUT2D eigenvalue weighted by molar-refractivity contribution is -0.347. The van der Waals surface area contributed by atoms with Crippen molar-refractivity contribution in [2.24, 2.45) is 5.41 Å². The van der Waals surface area contributed by atoms with Crippen LogP contribution in [0.3, 0.4) is 0 Å². The number of alkyl halides is 5. The molecule has 3 fully saturated rings. The molecule has 192 valence electrons. The van der Waals surface area contributed by atoms with Crippen molar-refractivity contribution in [3.05, 3.63) is 65.6 Å². The molecule has 1 unspecified atom stereocenters. The SMILES string of the molecule is OC(Cn1cnnn1)(c1ccc(F)cc1F)C(F)(F)C12CC(c3ccc(NCC(F)(F)F)nc3)(C1)C2. The van der Waals surface area contributed by atoms with Crippen LogP contribution in [0.5, 0.6) is 0 Å². The molecule has 0 radical (unpaired) electrons. The van der Waals surface area contributed by atoms with Crippen LogP contribution >= 0.6 is 0 Å². The van der Waals surface area contributed by atoms with E-state index in [1.807, 2.05) is 0 Å². The Bertz CT molecular complexity index is 1250. The number of aliphatic hydroxyl groups is 1. The fraction of sp³-hybridized carbons (Fsp3) is 0.455. The summed E-state index contributed by atoms with van der Waals surface area (Å²) in [4.78, 5) is 3.95. The van der Waals surface area contributed by atoms with Gasteiger partial charge in [0.1, 0.15) is 30.3 Å². The van der Waals surface area contributed by atoms with E-state index in [1.165, 1.54) is 18.3 Å². The van der Waals surface area contributed by atoms with E-state index < -0.39 is 58.8 Å². The van der Waals surface area contributed by atoms with Gasteiger partial charge in [-0.3, -0.25) is 0 Å². The molecule has 3 aromatic rings. The maximum absolute atomic E-state index is 16.1. The lowest BCUT2D eigenvalue weighted by atomic mass is 9.30. The maximum Gasteiger partial charge on any atom is 0.405 e. The van der Waals surface area contributed by atoms with Gasteiger partial charge in [-0.15, -0.1) is 5.10 Å². The van der Waals surface area contributed by atoms with Crippen LogP contribution in [0.15, 0.2) is 42.9 Å². The van der Waals surface area contributed by atoms with Crippen molar-refractivity contribution in [2.75, 3.05) is 11.9 Å². The average molecular weight is 516 g/mol. The van der Waals surface area contributed by atoms with Crippen LogP contribution in [0, 0.1) is 17.0 Å². The number of rotatable bonds is 8. The van der Waals surface area contributed by atoms with E-state index in [1.54, 1.807) is 0 Å². The fourth-order valence-electron chi connectivity index (χ4n) is 5.53. The number of hydrogen-bond acceptors (Lipinski definition) is 6. The number of nitrogens with zero attached hydrogens (tertiary/aromatic N) is 5. The standard InChI is InChI=1S/C22H19F7N6O/c23-14-2-3-15(16(24)5-14)20(36,11-35-12-32-33-34-35)22(28,29)19-7-18(8-19,9-19)13-1-4-17(30-6-13)31-10-21(25,26)27/h1-6,12,36H,7-11H2,(H,30,31). The third kappa shape index (κ3) is 3.69. The van der Waals surface area contributed by atoms with E-state index in [0.717, 1.165) is 23.1 Å². The van der Waals surface area contributed by atoms with Gasteiger partial charge in [0, 0.05) is 23.2 Å². The van der Waals surface area contributed by atoms with E-state index in [9.17, 15) is 27.1 Å². The normalized spacial score (nSPS) is 25.0. The zero-order valence-corrected chi connectivity index (χ0v) is 18.4. The van der Waals surface area contributed by atoms with Crippen molar-refractivity contribution in [1.29, 1.82) is 0 Å². The monoisotopic (exact) mass is 516 g/mol. The van der Waals surface area contributed by atoms with Crippen LogP contribution in [0.4, 0.5) is 36.6 Å². The molecule has 0 aliphatic heterocycles. The summed E-state index contributed by atoms with van der Waals surface area (Å²) in [5.74, 6) is -6.22. The summed E-state index contributed by atoms with van der Waals surface area (Å²) in [6.45, 7) is -2.15. The van der Waals surface area contributed by atoms with Crippen molar-refractivity contribution in [1.82, 2.24) is 25.2 Å². The molecule has 3 aliphatic rings. The Morgan fingerprint density at radius 3 is 2.31 bits per heavy atom. The van der Waals surface area contributed by atoms with Crippen LogP contribution in [0.1, 0.15) is 30.4 Å². The summed E-state index contributed by atoms with van der Waals surface area (Å²) >= 11 is 0. The second-order valence-electron chi connectivity index (χ2n) is 9.56. The number of nitrogens with one attached hydrogen (secondary N) is 1. The van der Waals surface area contributed by atoms with Gasteiger partial charge in [-0.05, 0) is 58.9 Å². The molecular weight excluding hydrogens is 497 g/mol. The molecule has 2 N–H and O–H groups in total. The minimum Gasteiger partial charge on any atom is -0.377 e. The second kappa shape index (κ2) is 7.85. The molecule has 1 atom stereocenters. The number of aromatic nitrogens is 5. The van der Waals surface area contributed by atoms with E-state index in [4.69, 9.17) is 0 Å². The van der Waals surface area contributed by atoms with Gasteiger partial charge in [0.15, 0.2) is 5.60 Å². The third-order valence-corrected chi connectivity index (χ3v) is 7.22. The Hall–Kier alpha value is -3.29. The predicted molar refractivity (Wildman–Crippen MR) is 110 cm³/mol. The highest BCUT2D eigenvalue weighted by Crippen LogP contribution is 2.80. The molecular formula is C22H19F7N6O. The first-order valence-electron chi connectivity index (χ1n) is 10.8. The Balaban J connectivity index is 1.39. The number of benzene rings is 1. The van der Waals surface area contributed by atoms with Gasteiger partial charge >= 0.3 is 6.18 Å². The van der Waals surface area contributed by atoms with Gasteiger partial charge in [-0.2, -0.15) is 13.2 Å². The lowest BCUT2D eigenvalue weighted by Gasteiger charge is -2.74. The van der Waals surface area contributed by atoms with Crippen LogP contribution in [0.25, 0.3) is 0 Å². The van der Waals surface area contributed by atoms with Gasteiger partial charge in [-0.25, -0.2) is 27.2 Å². The molecule has 14 heteroatoms. The van der Waals surface area contributed by atoms with Gasteiger partial charge in [-0.1, -0.05) is 6.07 Å². The zero-order valence-electron chi connectivity index (χ0n) is 18.4. The average Bonchev–Trinajstić information content (AvgIpc) is 3.23. The molecule has 2 heterocycles. The molecule has 0 spiro atoms. The number of anilines is 1. The third-order valence-electron chi connectivity index (χ3n) is 7.22. The minimum atomic E-state index is -4.42. The highest BCUT2D eigenvalue weighted by atomic mass is 19.4.